The van der Waals surface area contributed by atoms with Crippen LogP contribution < -0.4 is 5.32 Å². The zero-order chi connectivity index (χ0) is 11.9. The van der Waals surface area contributed by atoms with Crippen LogP contribution in [0.15, 0.2) is 23.6 Å². The number of aromatic nitrogens is 2. The highest BCUT2D eigenvalue weighted by molar-refractivity contribution is 7.99. The third kappa shape index (κ3) is 4.17. The van der Waals surface area contributed by atoms with Crippen LogP contribution in [0, 0.1) is 11.3 Å². The van der Waals surface area contributed by atoms with Gasteiger partial charge in [0.1, 0.15) is 11.9 Å². The number of hydrogen-bond acceptors (Lipinski definition) is 5. The maximum Gasteiger partial charge on any atom is 0.116 e. The Hall–Kier alpha value is -1.12. The van der Waals surface area contributed by atoms with Gasteiger partial charge in [-0.1, -0.05) is 6.92 Å². The van der Waals surface area contributed by atoms with Gasteiger partial charge in [-0.3, -0.25) is 5.32 Å². The molecule has 0 aliphatic heterocycles. The van der Waals surface area contributed by atoms with Gasteiger partial charge in [-0.25, -0.2) is 9.97 Å². The summed E-state index contributed by atoms with van der Waals surface area (Å²) in [5.74, 6) is 0.869. The Morgan fingerprint density at radius 2 is 2.44 bits per heavy atom. The summed E-state index contributed by atoms with van der Waals surface area (Å²) < 4.78 is 0. The van der Waals surface area contributed by atoms with Crippen LogP contribution in [0.4, 0.5) is 0 Å². The van der Waals surface area contributed by atoms with Crippen LogP contribution in [-0.2, 0) is 0 Å². The topological polar surface area (TPSA) is 61.6 Å². The van der Waals surface area contributed by atoms with Crippen LogP contribution in [0.25, 0.3) is 0 Å². The van der Waals surface area contributed by atoms with Crippen molar-refractivity contribution >= 4 is 11.8 Å². The van der Waals surface area contributed by atoms with E-state index in [-0.39, 0.29) is 0 Å². The number of nitrogens with one attached hydrogen (secondary N) is 1. The minimum Gasteiger partial charge on any atom is -0.300 e. The molecule has 1 atom stereocenters. The van der Waals surface area contributed by atoms with Crippen molar-refractivity contribution in [2.75, 3.05) is 12.3 Å². The molecule has 1 heterocycles. The summed E-state index contributed by atoms with van der Waals surface area (Å²) in [5, 5.41) is 13.2. The molecule has 1 aromatic heterocycles. The SMILES string of the molecule is CCNC(C)(C#N)CCSc1ccncn1. The predicted octanol–water partition coefficient (Wildman–Crippen LogP) is 1.85. The van der Waals surface area contributed by atoms with Gasteiger partial charge in [-0.05, 0) is 26.0 Å². The minimum atomic E-state index is -0.436. The molecule has 0 spiro atoms. The molecular weight excluding hydrogens is 220 g/mol. The second kappa shape index (κ2) is 6.46. The molecule has 1 N–H and O–H groups in total. The van der Waals surface area contributed by atoms with Crippen molar-refractivity contribution in [2.45, 2.75) is 30.8 Å². The van der Waals surface area contributed by atoms with E-state index in [9.17, 15) is 0 Å². The molecule has 0 amide bonds. The van der Waals surface area contributed by atoms with Crippen LogP contribution in [0.3, 0.4) is 0 Å². The smallest absolute Gasteiger partial charge is 0.116 e. The first-order valence-corrected chi connectivity index (χ1v) is 6.24. The molecule has 4 nitrogen and oxygen atoms in total. The van der Waals surface area contributed by atoms with Crippen LogP contribution in [0.1, 0.15) is 20.3 Å². The van der Waals surface area contributed by atoms with Crippen LogP contribution in [0.5, 0.6) is 0 Å². The highest BCUT2D eigenvalue weighted by atomic mass is 32.2. The predicted molar refractivity (Wildman–Crippen MR) is 65.1 cm³/mol. The van der Waals surface area contributed by atoms with E-state index in [0.29, 0.717) is 0 Å². The molecule has 0 saturated carbocycles. The lowest BCUT2D eigenvalue weighted by molar-refractivity contribution is 0.450. The third-order valence-electron chi connectivity index (χ3n) is 2.22. The molecule has 1 unspecified atom stereocenters. The molecule has 16 heavy (non-hydrogen) atoms. The fourth-order valence-electron chi connectivity index (χ4n) is 1.30. The lowest BCUT2D eigenvalue weighted by Gasteiger charge is -2.21. The van der Waals surface area contributed by atoms with Crippen LogP contribution in [0.2, 0.25) is 0 Å². The van der Waals surface area contributed by atoms with Gasteiger partial charge >= 0.3 is 0 Å². The molecule has 0 saturated heterocycles. The first kappa shape index (κ1) is 12.9. The van der Waals surface area contributed by atoms with E-state index >= 15 is 0 Å². The average molecular weight is 236 g/mol. The summed E-state index contributed by atoms with van der Waals surface area (Å²) in [4.78, 5) is 7.98. The maximum atomic E-state index is 9.07. The largest absolute Gasteiger partial charge is 0.300 e. The van der Waals surface area contributed by atoms with Gasteiger partial charge in [-0.2, -0.15) is 5.26 Å². The second-order valence-corrected chi connectivity index (χ2v) is 4.74. The average Bonchev–Trinajstić information content (AvgIpc) is 2.31. The standard InChI is InChI=1S/C11H16N4S/c1-3-15-11(2,8-12)5-7-16-10-4-6-13-9-14-10/h4,6,9,15H,3,5,7H2,1-2H3. The molecule has 0 aliphatic rings. The van der Waals surface area contributed by atoms with Crippen molar-refractivity contribution < 1.29 is 0 Å². The van der Waals surface area contributed by atoms with Gasteiger partial charge in [-0.15, -0.1) is 11.8 Å². The molecule has 5 heteroatoms. The van der Waals surface area contributed by atoms with Gasteiger partial charge in [0.05, 0.1) is 11.1 Å². The molecular formula is C11H16N4S. The quantitative estimate of drug-likeness (QED) is 0.603. The Morgan fingerprint density at radius 1 is 1.62 bits per heavy atom. The Morgan fingerprint density at radius 3 is 3.00 bits per heavy atom. The number of thioether (sulfide) groups is 1. The van der Waals surface area contributed by atoms with E-state index in [2.05, 4.69) is 21.4 Å². The van der Waals surface area contributed by atoms with Gasteiger partial charge < -0.3 is 0 Å². The molecule has 1 rings (SSSR count). The zero-order valence-corrected chi connectivity index (χ0v) is 10.4. The Balaban J connectivity index is 2.38. The zero-order valence-electron chi connectivity index (χ0n) is 9.60. The summed E-state index contributed by atoms with van der Waals surface area (Å²) in [6.45, 7) is 4.74. The Bertz CT molecular complexity index is 349. The fourth-order valence-corrected chi connectivity index (χ4v) is 2.30. The number of hydrogen-bond donors (Lipinski definition) is 1. The molecule has 86 valence electrons. The summed E-state index contributed by atoms with van der Waals surface area (Å²) in [7, 11) is 0. The first-order valence-electron chi connectivity index (χ1n) is 5.25. The lowest BCUT2D eigenvalue weighted by Crippen LogP contribution is -2.41. The highest BCUT2D eigenvalue weighted by Gasteiger charge is 2.21. The Kier molecular flexibility index (Phi) is 5.23. The molecule has 0 radical (unpaired) electrons. The molecule has 0 bridgehead atoms. The normalized spacial score (nSPS) is 14.1. The fraction of sp³-hybridized carbons (Fsp3) is 0.545. The van der Waals surface area contributed by atoms with E-state index in [1.54, 1.807) is 18.0 Å². The Labute approximate surface area is 100 Å². The van der Waals surface area contributed by atoms with Crippen LogP contribution >= 0.6 is 11.8 Å². The number of nitrogens with zero attached hydrogens (tertiary/aromatic N) is 3. The van der Waals surface area contributed by atoms with Crippen molar-refractivity contribution in [3.63, 3.8) is 0 Å². The van der Waals surface area contributed by atoms with Crippen molar-refractivity contribution in [3.05, 3.63) is 18.6 Å². The van der Waals surface area contributed by atoms with Gasteiger partial charge in [0.25, 0.3) is 0 Å². The minimum absolute atomic E-state index is 0.436. The van der Waals surface area contributed by atoms with Crippen molar-refractivity contribution in [1.29, 1.82) is 5.26 Å². The van der Waals surface area contributed by atoms with Gasteiger partial charge in [0.15, 0.2) is 0 Å². The van der Waals surface area contributed by atoms with Gasteiger partial charge in [0.2, 0.25) is 0 Å². The van der Waals surface area contributed by atoms with E-state index in [0.717, 1.165) is 23.7 Å². The number of rotatable bonds is 6. The monoisotopic (exact) mass is 236 g/mol. The van der Waals surface area contributed by atoms with Gasteiger partial charge in [0, 0.05) is 11.9 Å². The summed E-state index contributed by atoms with van der Waals surface area (Å²) in [5.41, 5.74) is -0.436. The van der Waals surface area contributed by atoms with E-state index in [1.165, 1.54) is 6.33 Å². The summed E-state index contributed by atoms with van der Waals surface area (Å²) in [6.07, 6.45) is 4.06. The summed E-state index contributed by atoms with van der Waals surface area (Å²) in [6, 6.07) is 4.19. The maximum absolute atomic E-state index is 9.07. The summed E-state index contributed by atoms with van der Waals surface area (Å²) >= 11 is 1.65. The van der Waals surface area contributed by atoms with E-state index in [1.807, 2.05) is 19.9 Å². The number of nitriles is 1. The molecule has 0 aromatic carbocycles. The molecule has 0 aliphatic carbocycles. The van der Waals surface area contributed by atoms with E-state index < -0.39 is 5.54 Å². The van der Waals surface area contributed by atoms with Crippen LogP contribution in [-0.4, -0.2) is 27.8 Å². The first-order chi connectivity index (χ1) is 7.70. The molecule has 1 aromatic rings. The second-order valence-electron chi connectivity index (χ2n) is 3.62. The lowest BCUT2D eigenvalue weighted by atomic mass is 10.0. The highest BCUT2D eigenvalue weighted by Crippen LogP contribution is 2.19. The van der Waals surface area contributed by atoms with Crippen molar-refractivity contribution in [3.8, 4) is 6.07 Å². The van der Waals surface area contributed by atoms with Crippen molar-refractivity contribution in [1.82, 2.24) is 15.3 Å². The van der Waals surface area contributed by atoms with E-state index in [4.69, 9.17) is 5.26 Å². The third-order valence-corrected chi connectivity index (χ3v) is 3.17. The van der Waals surface area contributed by atoms with Crippen molar-refractivity contribution in [2.24, 2.45) is 0 Å². The molecule has 0 fully saturated rings.